The van der Waals surface area contributed by atoms with E-state index in [4.69, 9.17) is 39.5 Å². The molecule has 0 unspecified atom stereocenters. The highest BCUT2D eigenvalue weighted by Crippen LogP contribution is 2.30. The van der Waals surface area contributed by atoms with Crippen LogP contribution in [0.2, 0.25) is 15.1 Å². The first-order valence-corrected chi connectivity index (χ1v) is 10.7. The van der Waals surface area contributed by atoms with Gasteiger partial charge in [-0.1, -0.05) is 52.1 Å². The van der Waals surface area contributed by atoms with Crippen LogP contribution in [-0.2, 0) is 17.7 Å². The third-order valence-electron chi connectivity index (χ3n) is 4.73. The Balaban J connectivity index is 1.56. The number of rotatable bonds is 8. The standard InChI is InChI=1S/C21H19Cl3N6O/c1-31-7-6-25-20-19-21(27-12-26-20)30(29-28-19)11-14-9-17(23)16(18(24)10-14)8-13-2-4-15(22)5-3-13/h2-5,9-10,12H,6-8,11H2,1H3,(H,25,26,27). The van der Waals surface area contributed by atoms with Crippen molar-refractivity contribution in [2.24, 2.45) is 0 Å². The lowest BCUT2D eigenvalue weighted by Crippen LogP contribution is -2.09. The van der Waals surface area contributed by atoms with E-state index in [1.54, 1.807) is 11.8 Å². The zero-order chi connectivity index (χ0) is 21.8. The first-order chi connectivity index (χ1) is 15.0. The molecular weight excluding hydrogens is 459 g/mol. The summed E-state index contributed by atoms with van der Waals surface area (Å²) in [7, 11) is 1.64. The summed E-state index contributed by atoms with van der Waals surface area (Å²) in [5, 5.41) is 13.5. The van der Waals surface area contributed by atoms with Gasteiger partial charge >= 0.3 is 0 Å². The van der Waals surface area contributed by atoms with Gasteiger partial charge in [-0.15, -0.1) is 5.10 Å². The second-order valence-electron chi connectivity index (χ2n) is 6.90. The van der Waals surface area contributed by atoms with Crippen LogP contribution in [0.25, 0.3) is 11.2 Å². The molecule has 0 saturated heterocycles. The highest BCUT2D eigenvalue weighted by molar-refractivity contribution is 6.36. The fourth-order valence-electron chi connectivity index (χ4n) is 3.19. The van der Waals surface area contributed by atoms with Gasteiger partial charge in [-0.25, -0.2) is 14.6 Å². The lowest BCUT2D eigenvalue weighted by atomic mass is 10.0. The fraction of sp³-hybridized carbons (Fsp3) is 0.238. The molecule has 0 bridgehead atoms. The van der Waals surface area contributed by atoms with Crippen LogP contribution in [0.1, 0.15) is 16.7 Å². The SMILES string of the molecule is COCCNc1ncnc2c1nnn2Cc1cc(Cl)c(Cc2ccc(Cl)cc2)c(Cl)c1. The van der Waals surface area contributed by atoms with Gasteiger partial charge in [-0.3, -0.25) is 0 Å². The highest BCUT2D eigenvalue weighted by Gasteiger charge is 2.14. The van der Waals surface area contributed by atoms with E-state index in [9.17, 15) is 0 Å². The Labute approximate surface area is 194 Å². The topological polar surface area (TPSA) is 77.8 Å². The smallest absolute Gasteiger partial charge is 0.184 e. The van der Waals surface area contributed by atoms with Crippen LogP contribution in [0.4, 0.5) is 5.82 Å². The van der Waals surface area contributed by atoms with Gasteiger partial charge in [0.15, 0.2) is 17.0 Å². The molecule has 0 saturated carbocycles. The van der Waals surface area contributed by atoms with Gasteiger partial charge in [0.25, 0.3) is 0 Å². The van der Waals surface area contributed by atoms with E-state index in [0.29, 0.717) is 58.2 Å². The molecule has 160 valence electrons. The summed E-state index contributed by atoms with van der Waals surface area (Å²) in [6.07, 6.45) is 2.09. The quantitative estimate of drug-likeness (QED) is 0.365. The van der Waals surface area contributed by atoms with Crippen molar-refractivity contribution in [3.8, 4) is 0 Å². The molecule has 10 heteroatoms. The molecule has 2 heterocycles. The number of fused-ring (bicyclic) bond motifs is 1. The molecule has 0 aliphatic carbocycles. The minimum Gasteiger partial charge on any atom is -0.383 e. The zero-order valence-corrected chi connectivity index (χ0v) is 18.9. The van der Waals surface area contributed by atoms with Crippen LogP contribution in [0.5, 0.6) is 0 Å². The maximum absolute atomic E-state index is 6.57. The largest absolute Gasteiger partial charge is 0.383 e. The number of nitrogens with zero attached hydrogens (tertiary/aromatic N) is 5. The molecule has 0 aliphatic rings. The molecule has 4 rings (SSSR count). The number of nitrogens with one attached hydrogen (secondary N) is 1. The molecule has 1 N–H and O–H groups in total. The van der Waals surface area contributed by atoms with Crippen molar-refractivity contribution >= 4 is 51.8 Å². The molecule has 0 spiro atoms. The first-order valence-electron chi connectivity index (χ1n) is 9.53. The van der Waals surface area contributed by atoms with Crippen LogP contribution in [0.3, 0.4) is 0 Å². The number of hydrogen-bond donors (Lipinski definition) is 1. The molecule has 0 fully saturated rings. The van der Waals surface area contributed by atoms with Crippen LogP contribution in [0.15, 0.2) is 42.7 Å². The lowest BCUT2D eigenvalue weighted by molar-refractivity contribution is 0.210. The van der Waals surface area contributed by atoms with Crippen molar-refractivity contribution < 1.29 is 4.74 Å². The lowest BCUT2D eigenvalue weighted by Gasteiger charge is -2.11. The van der Waals surface area contributed by atoms with Gasteiger partial charge in [0.05, 0.1) is 13.2 Å². The summed E-state index contributed by atoms with van der Waals surface area (Å²) in [5.74, 6) is 0.614. The van der Waals surface area contributed by atoms with Gasteiger partial charge in [0.2, 0.25) is 0 Å². The monoisotopic (exact) mass is 476 g/mol. The summed E-state index contributed by atoms with van der Waals surface area (Å²) in [5.41, 5.74) is 4.05. The van der Waals surface area contributed by atoms with Crippen molar-refractivity contribution in [1.82, 2.24) is 25.0 Å². The van der Waals surface area contributed by atoms with Gasteiger partial charge in [0, 0.05) is 35.1 Å². The second-order valence-corrected chi connectivity index (χ2v) is 8.15. The van der Waals surface area contributed by atoms with Crippen molar-refractivity contribution in [1.29, 1.82) is 0 Å². The van der Waals surface area contributed by atoms with Crippen LogP contribution in [-0.4, -0.2) is 45.2 Å². The first kappa shape index (κ1) is 21.8. The minimum absolute atomic E-state index is 0.422. The van der Waals surface area contributed by atoms with E-state index in [0.717, 1.165) is 16.7 Å². The zero-order valence-electron chi connectivity index (χ0n) is 16.6. The summed E-state index contributed by atoms with van der Waals surface area (Å²) >= 11 is 19.1. The number of methoxy groups -OCH3 is 1. The third kappa shape index (κ3) is 5.07. The van der Waals surface area contributed by atoms with Crippen LogP contribution >= 0.6 is 34.8 Å². The average Bonchev–Trinajstić information content (AvgIpc) is 3.16. The van der Waals surface area contributed by atoms with E-state index >= 15 is 0 Å². The minimum atomic E-state index is 0.422. The van der Waals surface area contributed by atoms with E-state index < -0.39 is 0 Å². The molecule has 4 aromatic rings. The summed E-state index contributed by atoms with van der Waals surface area (Å²) in [6, 6.07) is 11.4. The van der Waals surface area contributed by atoms with Gasteiger partial charge in [-0.05, 0) is 41.0 Å². The maximum Gasteiger partial charge on any atom is 0.184 e. The van der Waals surface area contributed by atoms with Crippen molar-refractivity contribution in [3.05, 3.63) is 74.5 Å². The Hall–Kier alpha value is -2.45. The molecule has 0 aliphatic heterocycles. The molecule has 7 nitrogen and oxygen atoms in total. The maximum atomic E-state index is 6.57. The number of halogens is 3. The number of anilines is 1. The second kappa shape index (κ2) is 9.78. The summed E-state index contributed by atoms with van der Waals surface area (Å²) in [4.78, 5) is 8.57. The molecule has 31 heavy (non-hydrogen) atoms. The van der Waals surface area contributed by atoms with Crippen molar-refractivity contribution in [2.45, 2.75) is 13.0 Å². The van der Waals surface area contributed by atoms with Crippen molar-refractivity contribution in [2.75, 3.05) is 25.6 Å². The molecule has 2 aromatic carbocycles. The highest BCUT2D eigenvalue weighted by atomic mass is 35.5. The Morgan fingerprint density at radius 2 is 1.74 bits per heavy atom. The van der Waals surface area contributed by atoms with E-state index in [1.807, 2.05) is 36.4 Å². The predicted molar refractivity (Wildman–Crippen MR) is 123 cm³/mol. The molecule has 0 atom stereocenters. The predicted octanol–water partition coefficient (Wildman–Crippen LogP) is 4.88. The van der Waals surface area contributed by atoms with E-state index in [-0.39, 0.29) is 0 Å². The number of ether oxygens (including phenoxy) is 1. The third-order valence-corrected chi connectivity index (χ3v) is 5.65. The van der Waals surface area contributed by atoms with E-state index in [1.165, 1.54) is 6.33 Å². The van der Waals surface area contributed by atoms with Gasteiger partial charge < -0.3 is 10.1 Å². The molecular formula is C21H19Cl3N6O. The molecule has 2 aromatic heterocycles. The van der Waals surface area contributed by atoms with E-state index in [2.05, 4.69) is 25.6 Å². The van der Waals surface area contributed by atoms with Crippen LogP contribution in [0, 0.1) is 0 Å². The van der Waals surface area contributed by atoms with Gasteiger partial charge in [-0.2, -0.15) is 0 Å². The molecule has 0 amide bonds. The van der Waals surface area contributed by atoms with Crippen LogP contribution < -0.4 is 5.32 Å². The number of aromatic nitrogens is 5. The van der Waals surface area contributed by atoms with Crippen molar-refractivity contribution in [3.63, 3.8) is 0 Å². The summed E-state index contributed by atoms with van der Waals surface area (Å²) < 4.78 is 6.75. The Morgan fingerprint density at radius 3 is 2.45 bits per heavy atom. The Kier molecular flexibility index (Phi) is 6.87. The summed E-state index contributed by atoms with van der Waals surface area (Å²) in [6.45, 7) is 1.58. The molecule has 0 radical (unpaired) electrons. The number of benzene rings is 2. The normalized spacial score (nSPS) is 11.2. The fourth-order valence-corrected chi connectivity index (χ4v) is 3.99. The Morgan fingerprint density at radius 1 is 1.00 bits per heavy atom. The Bertz CT molecular complexity index is 1170. The average molecular weight is 478 g/mol. The number of hydrogen-bond acceptors (Lipinski definition) is 6. The van der Waals surface area contributed by atoms with Gasteiger partial charge in [0.1, 0.15) is 6.33 Å².